The maximum absolute atomic E-state index is 5.69. The Balaban J connectivity index is 3.87. The summed E-state index contributed by atoms with van der Waals surface area (Å²) >= 11 is 0. The Morgan fingerprint density at radius 2 is 1.60 bits per heavy atom. The third kappa shape index (κ3) is 7.84. The second-order valence-electron chi connectivity index (χ2n) is 4.88. The van der Waals surface area contributed by atoms with E-state index in [0.717, 1.165) is 18.4 Å². The second kappa shape index (κ2) is 10.5. The van der Waals surface area contributed by atoms with Crippen LogP contribution in [0.3, 0.4) is 0 Å². The molecule has 0 aromatic rings. The lowest BCUT2D eigenvalue weighted by Gasteiger charge is -2.22. The minimum Gasteiger partial charge on any atom is -0.330 e. The standard InChI is InChI=1S/C14H31N/c1-4-7-9-14(10-11-15)12-13(6-3)8-5-2/h13-14H,4-12,15H2,1-3H3. The molecule has 2 unspecified atom stereocenters. The van der Waals surface area contributed by atoms with Crippen LogP contribution in [-0.2, 0) is 0 Å². The Bertz CT molecular complexity index is 123. The van der Waals surface area contributed by atoms with Crippen molar-refractivity contribution in [2.75, 3.05) is 6.54 Å². The Morgan fingerprint density at radius 1 is 0.867 bits per heavy atom. The van der Waals surface area contributed by atoms with Gasteiger partial charge >= 0.3 is 0 Å². The smallest absolute Gasteiger partial charge is 0.00746 e. The average Bonchev–Trinajstić information content (AvgIpc) is 2.25. The van der Waals surface area contributed by atoms with E-state index >= 15 is 0 Å². The van der Waals surface area contributed by atoms with Gasteiger partial charge in [0.25, 0.3) is 0 Å². The van der Waals surface area contributed by atoms with Crippen molar-refractivity contribution in [2.24, 2.45) is 17.6 Å². The van der Waals surface area contributed by atoms with Crippen molar-refractivity contribution in [1.82, 2.24) is 0 Å². The molecule has 1 heteroatoms. The van der Waals surface area contributed by atoms with Gasteiger partial charge in [0, 0.05) is 0 Å². The SMILES string of the molecule is CCCCC(CCN)CC(CC)CCC. The first-order chi connectivity index (χ1) is 7.28. The van der Waals surface area contributed by atoms with Crippen molar-refractivity contribution in [3.63, 3.8) is 0 Å². The van der Waals surface area contributed by atoms with Gasteiger partial charge < -0.3 is 5.73 Å². The fraction of sp³-hybridized carbons (Fsp3) is 1.00. The molecule has 1 nitrogen and oxygen atoms in total. The van der Waals surface area contributed by atoms with E-state index in [9.17, 15) is 0 Å². The summed E-state index contributed by atoms with van der Waals surface area (Å²) in [5, 5.41) is 0. The van der Waals surface area contributed by atoms with E-state index in [2.05, 4.69) is 20.8 Å². The van der Waals surface area contributed by atoms with Crippen molar-refractivity contribution < 1.29 is 0 Å². The summed E-state index contributed by atoms with van der Waals surface area (Å²) < 4.78 is 0. The fourth-order valence-electron chi connectivity index (χ4n) is 2.48. The number of hydrogen-bond acceptors (Lipinski definition) is 1. The summed E-state index contributed by atoms with van der Waals surface area (Å²) in [6.45, 7) is 7.78. The number of hydrogen-bond donors (Lipinski definition) is 1. The molecule has 0 bridgehead atoms. The predicted molar refractivity (Wildman–Crippen MR) is 70.0 cm³/mol. The van der Waals surface area contributed by atoms with Crippen LogP contribution in [0, 0.1) is 11.8 Å². The zero-order chi connectivity index (χ0) is 11.5. The minimum absolute atomic E-state index is 0.872. The van der Waals surface area contributed by atoms with E-state index in [-0.39, 0.29) is 0 Å². The highest BCUT2D eigenvalue weighted by Crippen LogP contribution is 2.26. The van der Waals surface area contributed by atoms with Gasteiger partial charge in [0.2, 0.25) is 0 Å². The molecule has 2 atom stereocenters. The van der Waals surface area contributed by atoms with E-state index in [1.807, 2.05) is 0 Å². The molecule has 0 aliphatic rings. The van der Waals surface area contributed by atoms with Crippen molar-refractivity contribution in [2.45, 2.75) is 72.1 Å². The molecule has 0 aromatic heterocycles. The van der Waals surface area contributed by atoms with Gasteiger partial charge in [-0.2, -0.15) is 0 Å². The van der Waals surface area contributed by atoms with Crippen LogP contribution in [0.2, 0.25) is 0 Å². The zero-order valence-corrected chi connectivity index (χ0v) is 11.1. The van der Waals surface area contributed by atoms with Gasteiger partial charge in [0.15, 0.2) is 0 Å². The highest BCUT2D eigenvalue weighted by molar-refractivity contribution is 4.66. The second-order valence-corrected chi connectivity index (χ2v) is 4.88. The molecule has 0 aliphatic heterocycles. The van der Waals surface area contributed by atoms with Gasteiger partial charge in [0.1, 0.15) is 0 Å². The van der Waals surface area contributed by atoms with Crippen molar-refractivity contribution in [3.8, 4) is 0 Å². The third-order valence-electron chi connectivity index (χ3n) is 3.48. The quantitative estimate of drug-likeness (QED) is 0.573. The summed E-state index contributed by atoms with van der Waals surface area (Å²) in [5.74, 6) is 1.84. The first-order valence-corrected chi connectivity index (χ1v) is 6.98. The van der Waals surface area contributed by atoms with Gasteiger partial charge in [-0.05, 0) is 31.2 Å². The molecule has 0 rings (SSSR count). The van der Waals surface area contributed by atoms with Gasteiger partial charge in [-0.1, -0.05) is 59.3 Å². The molecule has 0 heterocycles. The molecule has 0 amide bonds. The molecule has 2 N–H and O–H groups in total. The van der Waals surface area contributed by atoms with Crippen LogP contribution >= 0.6 is 0 Å². The molecular formula is C14H31N. The van der Waals surface area contributed by atoms with Crippen molar-refractivity contribution >= 4 is 0 Å². The summed E-state index contributed by atoms with van der Waals surface area (Å²) in [4.78, 5) is 0. The Kier molecular flexibility index (Phi) is 10.4. The molecule has 0 aromatic carbocycles. The highest BCUT2D eigenvalue weighted by atomic mass is 14.5. The molecule has 0 aliphatic carbocycles. The lowest BCUT2D eigenvalue weighted by molar-refractivity contribution is 0.310. The van der Waals surface area contributed by atoms with Crippen LogP contribution < -0.4 is 5.73 Å². The largest absolute Gasteiger partial charge is 0.330 e. The first-order valence-electron chi connectivity index (χ1n) is 6.98. The summed E-state index contributed by atoms with van der Waals surface area (Å²) in [6, 6.07) is 0. The molecule has 0 radical (unpaired) electrons. The topological polar surface area (TPSA) is 26.0 Å². The predicted octanol–water partition coefficient (Wildman–Crippen LogP) is 4.36. The summed E-state index contributed by atoms with van der Waals surface area (Å²) in [7, 11) is 0. The maximum atomic E-state index is 5.69. The number of unbranched alkanes of at least 4 members (excludes halogenated alkanes) is 1. The molecule has 92 valence electrons. The molecule has 0 fully saturated rings. The highest BCUT2D eigenvalue weighted by Gasteiger charge is 2.13. The number of rotatable bonds is 10. The van der Waals surface area contributed by atoms with Gasteiger partial charge in [-0.3, -0.25) is 0 Å². The van der Waals surface area contributed by atoms with Crippen LogP contribution in [0.25, 0.3) is 0 Å². The molecule has 15 heavy (non-hydrogen) atoms. The normalized spacial score (nSPS) is 15.2. The van der Waals surface area contributed by atoms with Crippen LogP contribution in [0.15, 0.2) is 0 Å². The Labute approximate surface area is 96.8 Å². The number of nitrogens with two attached hydrogens (primary N) is 1. The Hall–Kier alpha value is -0.0400. The lowest BCUT2D eigenvalue weighted by atomic mass is 9.85. The van der Waals surface area contributed by atoms with E-state index < -0.39 is 0 Å². The average molecular weight is 213 g/mol. The van der Waals surface area contributed by atoms with Gasteiger partial charge in [-0.15, -0.1) is 0 Å². The zero-order valence-electron chi connectivity index (χ0n) is 11.1. The molecular weight excluding hydrogens is 182 g/mol. The van der Waals surface area contributed by atoms with Crippen LogP contribution in [-0.4, -0.2) is 6.54 Å². The van der Waals surface area contributed by atoms with Crippen molar-refractivity contribution in [3.05, 3.63) is 0 Å². The van der Waals surface area contributed by atoms with E-state index in [1.54, 1.807) is 0 Å². The van der Waals surface area contributed by atoms with E-state index in [1.165, 1.54) is 51.4 Å². The lowest BCUT2D eigenvalue weighted by Crippen LogP contribution is -2.13. The molecule has 0 spiro atoms. The maximum Gasteiger partial charge on any atom is -0.00746 e. The summed E-state index contributed by atoms with van der Waals surface area (Å²) in [6.07, 6.45) is 10.8. The first kappa shape index (κ1) is 15.0. The fourth-order valence-corrected chi connectivity index (χ4v) is 2.48. The summed E-state index contributed by atoms with van der Waals surface area (Å²) in [5.41, 5.74) is 5.69. The van der Waals surface area contributed by atoms with Crippen molar-refractivity contribution in [1.29, 1.82) is 0 Å². The van der Waals surface area contributed by atoms with Gasteiger partial charge in [0.05, 0.1) is 0 Å². The van der Waals surface area contributed by atoms with E-state index in [0.29, 0.717) is 0 Å². The van der Waals surface area contributed by atoms with Crippen LogP contribution in [0.5, 0.6) is 0 Å². The monoisotopic (exact) mass is 213 g/mol. The van der Waals surface area contributed by atoms with Crippen LogP contribution in [0.1, 0.15) is 72.1 Å². The van der Waals surface area contributed by atoms with E-state index in [4.69, 9.17) is 5.73 Å². The van der Waals surface area contributed by atoms with Gasteiger partial charge in [-0.25, -0.2) is 0 Å². The Morgan fingerprint density at radius 3 is 2.07 bits per heavy atom. The van der Waals surface area contributed by atoms with Crippen LogP contribution in [0.4, 0.5) is 0 Å². The minimum atomic E-state index is 0.872. The molecule has 0 saturated carbocycles. The third-order valence-corrected chi connectivity index (χ3v) is 3.48. The molecule has 0 saturated heterocycles.